The van der Waals surface area contributed by atoms with Gasteiger partial charge in [-0.1, -0.05) is 0 Å². The second-order valence-electron chi connectivity index (χ2n) is 5.27. The summed E-state index contributed by atoms with van der Waals surface area (Å²) in [5.41, 5.74) is 0. The number of amides is 2. The quantitative estimate of drug-likeness (QED) is 0.521. The Morgan fingerprint density at radius 3 is 2.11 bits per heavy atom. The van der Waals surface area contributed by atoms with Gasteiger partial charge < -0.3 is 20.8 Å². The summed E-state index contributed by atoms with van der Waals surface area (Å²) in [5, 5.41) is 22.5. The monoisotopic (exact) mass is 256 g/mol. The average Bonchev–Trinajstić information content (AvgIpc) is 3.16. The summed E-state index contributed by atoms with van der Waals surface area (Å²) in [6, 6.07) is -1.74. The lowest BCUT2D eigenvalue weighted by molar-refractivity contribution is -0.140. The molecular weight excluding hydrogens is 236 g/mol. The summed E-state index contributed by atoms with van der Waals surface area (Å²) in [6.45, 7) is 0.0103. The van der Waals surface area contributed by atoms with Gasteiger partial charge in [-0.25, -0.2) is 9.59 Å². The van der Waals surface area contributed by atoms with Crippen LogP contribution in [0.5, 0.6) is 0 Å². The molecule has 2 saturated carbocycles. The second kappa shape index (κ2) is 5.56. The van der Waals surface area contributed by atoms with Gasteiger partial charge in [-0.2, -0.15) is 0 Å². The van der Waals surface area contributed by atoms with Crippen molar-refractivity contribution in [2.75, 3.05) is 13.2 Å². The molecule has 2 aliphatic carbocycles. The van der Waals surface area contributed by atoms with Crippen LogP contribution in [0.15, 0.2) is 0 Å². The van der Waals surface area contributed by atoms with E-state index in [1.807, 2.05) is 0 Å². The minimum atomic E-state index is -1.23. The van der Waals surface area contributed by atoms with Crippen LogP contribution in [0, 0.1) is 17.8 Å². The van der Waals surface area contributed by atoms with E-state index >= 15 is 0 Å². The number of nitrogens with one attached hydrogen (secondary N) is 2. The summed E-state index contributed by atoms with van der Waals surface area (Å²) in [4.78, 5) is 22.1. The van der Waals surface area contributed by atoms with E-state index < -0.39 is 24.6 Å². The summed E-state index contributed by atoms with van der Waals surface area (Å²) < 4.78 is 0. The summed E-state index contributed by atoms with van der Waals surface area (Å²) in [6.07, 6.45) is 5.00. The maximum atomic E-state index is 11.5. The fraction of sp³-hybridized carbons (Fsp3) is 0.833. The van der Waals surface area contributed by atoms with Crippen LogP contribution in [-0.2, 0) is 4.79 Å². The maximum absolute atomic E-state index is 11.5. The lowest BCUT2D eigenvalue weighted by Gasteiger charge is -2.18. The molecule has 0 aromatic heterocycles. The minimum Gasteiger partial charge on any atom is -0.480 e. The average molecular weight is 256 g/mol. The molecular formula is C12H20N2O4. The minimum absolute atomic E-state index is 0.511. The zero-order valence-corrected chi connectivity index (χ0v) is 10.3. The van der Waals surface area contributed by atoms with E-state index in [4.69, 9.17) is 10.2 Å². The number of carbonyl (C=O) groups is 2. The van der Waals surface area contributed by atoms with Gasteiger partial charge in [0.2, 0.25) is 0 Å². The van der Waals surface area contributed by atoms with Crippen LogP contribution in [0.3, 0.4) is 0 Å². The number of aliphatic hydroxyl groups excluding tert-OH is 1. The lowest BCUT2D eigenvalue weighted by atomic mass is 9.98. The van der Waals surface area contributed by atoms with Crippen LogP contribution in [0.1, 0.15) is 25.7 Å². The van der Waals surface area contributed by atoms with Crippen molar-refractivity contribution in [2.24, 2.45) is 17.8 Å². The normalized spacial score (nSPS) is 20.6. The van der Waals surface area contributed by atoms with E-state index in [0.717, 1.165) is 11.8 Å². The van der Waals surface area contributed by atoms with Crippen LogP contribution in [0.4, 0.5) is 4.79 Å². The Balaban J connectivity index is 1.71. The first-order valence-corrected chi connectivity index (χ1v) is 6.50. The smallest absolute Gasteiger partial charge is 0.328 e. The number of carbonyl (C=O) groups excluding carboxylic acids is 1. The van der Waals surface area contributed by atoms with Gasteiger partial charge in [-0.15, -0.1) is 0 Å². The molecule has 0 aromatic rings. The fourth-order valence-electron chi connectivity index (χ4n) is 2.37. The van der Waals surface area contributed by atoms with Crippen molar-refractivity contribution < 1.29 is 19.8 Å². The molecule has 102 valence electrons. The molecule has 2 aliphatic rings. The molecule has 2 rings (SSSR count). The van der Waals surface area contributed by atoms with E-state index in [2.05, 4.69) is 10.6 Å². The number of urea groups is 1. The number of aliphatic hydroxyl groups is 1. The third-order valence-corrected chi connectivity index (χ3v) is 3.74. The third kappa shape index (κ3) is 3.60. The van der Waals surface area contributed by atoms with Gasteiger partial charge in [-0.05, 0) is 43.4 Å². The Morgan fingerprint density at radius 1 is 1.17 bits per heavy atom. The predicted molar refractivity (Wildman–Crippen MR) is 64.0 cm³/mol. The van der Waals surface area contributed by atoms with Gasteiger partial charge in [-0.3, -0.25) is 0 Å². The van der Waals surface area contributed by atoms with Crippen LogP contribution in [0.25, 0.3) is 0 Å². The highest BCUT2D eigenvalue weighted by atomic mass is 16.4. The van der Waals surface area contributed by atoms with Crippen molar-refractivity contribution in [2.45, 2.75) is 31.7 Å². The van der Waals surface area contributed by atoms with Crippen LogP contribution >= 0.6 is 0 Å². The Kier molecular flexibility index (Phi) is 4.06. The summed E-state index contributed by atoms with van der Waals surface area (Å²) in [5.74, 6) is 0.804. The highest BCUT2D eigenvalue weighted by Crippen LogP contribution is 2.48. The summed E-state index contributed by atoms with van der Waals surface area (Å²) >= 11 is 0. The molecule has 4 N–H and O–H groups in total. The molecule has 18 heavy (non-hydrogen) atoms. The predicted octanol–water partition coefficient (Wildman–Crippen LogP) is 0.167. The Morgan fingerprint density at radius 2 is 1.72 bits per heavy atom. The molecule has 0 unspecified atom stereocenters. The molecule has 0 radical (unpaired) electrons. The number of hydrogen-bond acceptors (Lipinski definition) is 3. The first-order chi connectivity index (χ1) is 8.61. The fourth-order valence-corrected chi connectivity index (χ4v) is 2.37. The highest BCUT2D eigenvalue weighted by Gasteiger charge is 2.41. The van der Waals surface area contributed by atoms with Gasteiger partial charge in [0.1, 0.15) is 0 Å². The number of aliphatic carboxylic acids is 1. The Labute approximate surface area is 106 Å². The molecule has 2 amide bonds. The van der Waals surface area contributed by atoms with Crippen molar-refractivity contribution in [1.82, 2.24) is 10.6 Å². The molecule has 0 heterocycles. The van der Waals surface area contributed by atoms with E-state index in [0.29, 0.717) is 12.5 Å². The molecule has 0 spiro atoms. The number of carboxylic acids is 1. The van der Waals surface area contributed by atoms with Gasteiger partial charge in [0.15, 0.2) is 6.04 Å². The van der Waals surface area contributed by atoms with Crippen molar-refractivity contribution in [3.63, 3.8) is 0 Å². The Bertz CT molecular complexity index is 314. The topological polar surface area (TPSA) is 98.7 Å². The number of rotatable bonds is 7. The third-order valence-electron chi connectivity index (χ3n) is 3.74. The van der Waals surface area contributed by atoms with E-state index in [1.54, 1.807) is 0 Å². The van der Waals surface area contributed by atoms with Gasteiger partial charge >= 0.3 is 12.0 Å². The van der Waals surface area contributed by atoms with E-state index in [9.17, 15) is 9.59 Å². The van der Waals surface area contributed by atoms with Crippen LogP contribution in [-0.4, -0.2) is 41.4 Å². The molecule has 6 heteroatoms. The molecule has 0 bridgehead atoms. The highest BCUT2D eigenvalue weighted by molar-refractivity contribution is 5.82. The van der Waals surface area contributed by atoms with Crippen molar-refractivity contribution in [3.05, 3.63) is 0 Å². The second-order valence-corrected chi connectivity index (χ2v) is 5.27. The SMILES string of the molecule is O=C(NCC(C1CC1)C1CC1)N[C@H](CO)C(=O)O. The largest absolute Gasteiger partial charge is 0.480 e. The zero-order valence-electron chi connectivity index (χ0n) is 10.3. The first kappa shape index (κ1) is 13.1. The van der Waals surface area contributed by atoms with Crippen molar-refractivity contribution in [1.29, 1.82) is 0 Å². The molecule has 0 saturated heterocycles. The molecule has 2 fully saturated rings. The van der Waals surface area contributed by atoms with E-state index in [1.165, 1.54) is 25.7 Å². The first-order valence-electron chi connectivity index (χ1n) is 6.50. The molecule has 0 aliphatic heterocycles. The molecule has 6 nitrogen and oxygen atoms in total. The zero-order chi connectivity index (χ0) is 13.1. The molecule has 0 aromatic carbocycles. The molecule has 1 atom stereocenters. The maximum Gasteiger partial charge on any atom is 0.328 e. The van der Waals surface area contributed by atoms with Crippen LogP contribution < -0.4 is 10.6 Å². The summed E-state index contributed by atoms with van der Waals surface area (Å²) in [7, 11) is 0. The Hall–Kier alpha value is -1.30. The van der Waals surface area contributed by atoms with Gasteiger partial charge in [0.25, 0.3) is 0 Å². The van der Waals surface area contributed by atoms with Gasteiger partial charge in [0, 0.05) is 6.54 Å². The van der Waals surface area contributed by atoms with Gasteiger partial charge in [0.05, 0.1) is 6.61 Å². The van der Waals surface area contributed by atoms with Crippen LogP contribution in [0.2, 0.25) is 0 Å². The van der Waals surface area contributed by atoms with E-state index in [-0.39, 0.29) is 0 Å². The van der Waals surface area contributed by atoms with Crippen molar-refractivity contribution >= 4 is 12.0 Å². The van der Waals surface area contributed by atoms with Crippen molar-refractivity contribution in [3.8, 4) is 0 Å². The lowest BCUT2D eigenvalue weighted by Crippen LogP contribution is -2.49. The number of carboxylic acid groups (broad SMARTS) is 1. The standard InChI is InChI=1S/C12H20N2O4/c15-6-10(11(16)17)14-12(18)13-5-9(7-1-2-7)8-3-4-8/h7-10,15H,1-6H2,(H,16,17)(H2,13,14,18)/t10-/m1/s1. The number of hydrogen-bond donors (Lipinski definition) is 4.